The van der Waals surface area contributed by atoms with Crippen LogP contribution in [0.2, 0.25) is 0 Å². The Balaban J connectivity index is 1.85. The lowest BCUT2D eigenvalue weighted by molar-refractivity contribution is -0.117. The van der Waals surface area contributed by atoms with Gasteiger partial charge in [0.25, 0.3) is 0 Å². The van der Waals surface area contributed by atoms with Crippen LogP contribution in [-0.4, -0.2) is 11.8 Å². The second-order valence-corrected chi connectivity index (χ2v) is 6.05. The van der Waals surface area contributed by atoms with E-state index < -0.39 is 0 Å². The lowest BCUT2D eigenvalue weighted by Gasteiger charge is -2.34. The number of Topliss-reactive ketones (excluding diaryl/α,β-unsaturated/α-hetero) is 1. The van der Waals surface area contributed by atoms with Crippen molar-refractivity contribution in [2.45, 2.75) is 38.1 Å². The molecule has 3 aliphatic rings. The summed E-state index contributed by atoms with van der Waals surface area (Å²) in [6, 6.07) is 8.94. The van der Waals surface area contributed by atoms with Gasteiger partial charge >= 0.3 is 0 Å². The molecule has 1 aromatic carbocycles. The van der Waals surface area contributed by atoms with Gasteiger partial charge in [-0.25, -0.2) is 0 Å². The lowest BCUT2D eigenvalue weighted by Crippen LogP contribution is -2.34. The van der Waals surface area contributed by atoms with E-state index in [1.807, 2.05) is 0 Å². The van der Waals surface area contributed by atoms with Crippen LogP contribution in [0.3, 0.4) is 0 Å². The van der Waals surface area contributed by atoms with E-state index in [1.165, 1.54) is 22.5 Å². The van der Waals surface area contributed by atoms with Gasteiger partial charge in [0.05, 0.1) is 0 Å². The first kappa shape index (κ1) is 12.6. The van der Waals surface area contributed by atoms with Crippen molar-refractivity contribution in [1.82, 2.24) is 0 Å². The Morgan fingerprint density at radius 3 is 2.90 bits per heavy atom. The Kier molecular flexibility index (Phi) is 3.03. The molecule has 0 bridgehead atoms. The predicted molar refractivity (Wildman–Crippen MR) is 85.2 cm³/mol. The largest absolute Gasteiger partial charge is 0.337 e. The molecule has 21 heavy (non-hydrogen) atoms. The molecule has 0 spiro atoms. The monoisotopic (exact) mass is 277 g/mol. The Morgan fingerprint density at radius 1 is 1.14 bits per heavy atom. The number of fused-ring (bicyclic) bond motifs is 2. The average Bonchev–Trinajstić information content (AvgIpc) is 2.86. The number of nitrogens with zero attached hydrogens (tertiary/aromatic N) is 1. The van der Waals surface area contributed by atoms with E-state index in [0.29, 0.717) is 18.2 Å². The molecule has 0 N–H and O–H groups in total. The molecule has 4 rings (SSSR count). The maximum absolute atomic E-state index is 11.8. The van der Waals surface area contributed by atoms with Gasteiger partial charge in [-0.05, 0) is 42.5 Å². The van der Waals surface area contributed by atoms with Crippen molar-refractivity contribution < 1.29 is 4.79 Å². The fraction of sp³-hybridized carbons (Fsp3) is 0.316. The van der Waals surface area contributed by atoms with Crippen molar-refractivity contribution >= 4 is 11.5 Å². The third-order valence-electron chi connectivity index (χ3n) is 4.72. The number of anilines is 1. The topological polar surface area (TPSA) is 20.3 Å². The normalized spacial score (nSPS) is 24.1. The molecule has 0 saturated heterocycles. The number of hydrogen-bond acceptors (Lipinski definition) is 2. The van der Waals surface area contributed by atoms with Crippen molar-refractivity contribution in [3.05, 3.63) is 65.4 Å². The molecule has 2 heteroatoms. The van der Waals surface area contributed by atoms with Crippen LogP contribution in [0, 0.1) is 0 Å². The first-order chi connectivity index (χ1) is 10.3. The first-order valence-electron chi connectivity index (χ1n) is 7.78. The molecule has 1 unspecified atom stereocenters. The van der Waals surface area contributed by atoms with Gasteiger partial charge in [-0.15, -0.1) is 0 Å². The van der Waals surface area contributed by atoms with Crippen LogP contribution in [0.1, 0.15) is 31.2 Å². The molecule has 0 aromatic heterocycles. The van der Waals surface area contributed by atoms with Gasteiger partial charge in [0, 0.05) is 30.3 Å². The van der Waals surface area contributed by atoms with Crippen molar-refractivity contribution in [1.29, 1.82) is 0 Å². The second kappa shape index (κ2) is 5.03. The van der Waals surface area contributed by atoms with Gasteiger partial charge in [-0.2, -0.15) is 0 Å². The third-order valence-corrected chi connectivity index (χ3v) is 4.72. The molecule has 1 atom stereocenters. The van der Waals surface area contributed by atoms with E-state index in [0.717, 1.165) is 25.7 Å². The lowest BCUT2D eigenvalue weighted by atomic mass is 10.0. The van der Waals surface area contributed by atoms with Gasteiger partial charge in [0.1, 0.15) is 5.78 Å². The molecule has 1 fully saturated rings. The van der Waals surface area contributed by atoms with E-state index in [2.05, 4.69) is 53.5 Å². The number of hydrogen-bond donors (Lipinski definition) is 0. The van der Waals surface area contributed by atoms with Crippen molar-refractivity contribution in [3.63, 3.8) is 0 Å². The van der Waals surface area contributed by atoms with E-state index in [9.17, 15) is 4.79 Å². The summed E-state index contributed by atoms with van der Waals surface area (Å²) >= 11 is 0. The summed E-state index contributed by atoms with van der Waals surface area (Å²) < 4.78 is 0. The van der Waals surface area contributed by atoms with Crippen LogP contribution in [-0.2, 0) is 11.2 Å². The average molecular weight is 277 g/mol. The highest BCUT2D eigenvalue weighted by Gasteiger charge is 2.33. The number of rotatable bonds is 1. The maximum atomic E-state index is 11.8. The summed E-state index contributed by atoms with van der Waals surface area (Å²) in [6.45, 7) is 0. The standard InChI is InChI=1S/C19H19NO/c21-17-12-11-16(13-17)20-18-7-3-1-5-14(18)9-10-15-6-2-4-8-19(15)20/h1-5,7-8,10,16H,6,9,11-13H2. The number of benzene rings is 1. The maximum Gasteiger partial charge on any atom is 0.135 e. The van der Waals surface area contributed by atoms with Crippen molar-refractivity contribution in [3.8, 4) is 0 Å². The van der Waals surface area contributed by atoms with Crippen LogP contribution in [0.25, 0.3) is 0 Å². The Hall–Kier alpha value is -2.09. The van der Waals surface area contributed by atoms with Crippen LogP contribution in [0.5, 0.6) is 0 Å². The summed E-state index contributed by atoms with van der Waals surface area (Å²) in [7, 11) is 0. The number of carbonyl (C=O) groups excluding carboxylic acids is 1. The second-order valence-electron chi connectivity index (χ2n) is 6.05. The minimum atomic E-state index is 0.317. The van der Waals surface area contributed by atoms with Gasteiger partial charge in [-0.3, -0.25) is 4.79 Å². The van der Waals surface area contributed by atoms with Gasteiger partial charge < -0.3 is 4.90 Å². The smallest absolute Gasteiger partial charge is 0.135 e. The van der Waals surface area contributed by atoms with Gasteiger partial charge in [0.2, 0.25) is 0 Å². The zero-order valence-corrected chi connectivity index (χ0v) is 12.1. The highest BCUT2D eigenvalue weighted by molar-refractivity contribution is 5.83. The molecular formula is C19H19NO. The number of para-hydroxylation sites is 1. The highest BCUT2D eigenvalue weighted by atomic mass is 16.1. The summed E-state index contributed by atoms with van der Waals surface area (Å²) in [4.78, 5) is 14.2. The summed E-state index contributed by atoms with van der Waals surface area (Å²) in [5, 5.41) is 0. The van der Waals surface area contributed by atoms with Crippen molar-refractivity contribution in [2.75, 3.05) is 4.90 Å². The van der Waals surface area contributed by atoms with E-state index >= 15 is 0 Å². The Labute approximate surface area is 125 Å². The molecule has 0 amide bonds. The van der Waals surface area contributed by atoms with Crippen LogP contribution in [0.4, 0.5) is 5.69 Å². The zero-order valence-electron chi connectivity index (χ0n) is 12.1. The van der Waals surface area contributed by atoms with Crippen LogP contribution in [0.15, 0.2) is 59.8 Å². The summed E-state index contributed by atoms with van der Waals surface area (Å²) in [5.74, 6) is 0.402. The zero-order chi connectivity index (χ0) is 14.2. The van der Waals surface area contributed by atoms with Crippen LogP contribution >= 0.6 is 0 Å². The number of ketones is 1. The molecule has 1 saturated carbocycles. The minimum absolute atomic E-state index is 0.317. The van der Waals surface area contributed by atoms with Gasteiger partial charge in [0.15, 0.2) is 0 Å². The van der Waals surface area contributed by atoms with Gasteiger partial charge in [-0.1, -0.05) is 36.4 Å². The molecule has 1 heterocycles. The van der Waals surface area contributed by atoms with E-state index in [1.54, 1.807) is 0 Å². The number of carbonyl (C=O) groups is 1. The molecular weight excluding hydrogens is 258 g/mol. The van der Waals surface area contributed by atoms with E-state index in [-0.39, 0.29) is 0 Å². The minimum Gasteiger partial charge on any atom is -0.337 e. The fourth-order valence-electron chi connectivity index (χ4n) is 3.68. The predicted octanol–water partition coefficient (Wildman–Crippen LogP) is 3.94. The first-order valence-corrected chi connectivity index (χ1v) is 7.78. The molecule has 2 aliphatic carbocycles. The van der Waals surface area contributed by atoms with Crippen LogP contribution < -0.4 is 4.90 Å². The highest BCUT2D eigenvalue weighted by Crippen LogP contribution is 2.39. The Morgan fingerprint density at radius 2 is 2.05 bits per heavy atom. The number of allylic oxidation sites excluding steroid dienone is 5. The van der Waals surface area contributed by atoms with E-state index in [4.69, 9.17) is 0 Å². The SMILES string of the molecule is O=C1CCC(N2C3=CC=CCC3=CCc3ccccc32)C1. The molecule has 1 aliphatic heterocycles. The summed E-state index contributed by atoms with van der Waals surface area (Å²) in [5.41, 5.74) is 5.33. The molecule has 1 aromatic rings. The molecule has 0 radical (unpaired) electrons. The summed E-state index contributed by atoms with van der Waals surface area (Å²) in [6.07, 6.45) is 13.3. The third kappa shape index (κ3) is 2.15. The van der Waals surface area contributed by atoms with Crippen molar-refractivity contribution in [2.24, 2.45) is 0 Å². The molecule has 106 valence electrons. The Bertz CT molecular complexity index is 681. The quantitative estimate of drug-likeness (QED) is 0.775. The fourth-order valence-corrected chi connectivity index (χ4v) is 3.68. The molecule has 2 nitrogen and oxygen atoms in total.